The van der Waals surface area contributed by atoms with Gasteiger partial charge in [0.15, 0.2) is 4.80 Å². The molecule has 0 spiro atoms. The summed E-state index contributed by atoms with van der Waals surface area (Å²) in [5.74, 6) is -2.80. The van der Waals surface area contributed by atoms with E-state index in [2.05, 4.69) is 19.5 Å². The first kappa shape index (κ1) is 26.3. The Bertz CT molecular complexity index is 1300. The first-order valence-electron chi connectivity index (χ1n) is 10.7. The maximum absolute atomic E-state index is 12.8. The van der Waals surface area contributed by atoms with Crippen LogP contribution in [0.4, 0.5) is 32.0 Å². The molecule has 1 aliphatic rings. The fourth-order valence-corrected chi connectivity index (χ4v) is 5.03. The number of anilines is 1. The molecule has 2 aromatic carbocycles. The van der Waals surface area contributed by atoms with Gasteiger partial charge in [-0.1, -0.05) is 22.9 Å². The number of alkyl halides is 6. The summed E-state index contributed by atoms with van der Waals surface area (Å²) in [4.78, 5) is 18.8. The summed E-state index contributed by atoms with van der Waals surface area (Å²) in [7, 11) is 0. The second-order valence-electron chi connectivity index (χ2n) is 7.93. The van der Waals surface area contributed by atoms with Crippen molar-refractivity contribution in [2.75, 3.05) is 37.6 Å². The van der Waals surface area contributed by atoms with E-state index in [1.54, 1.807) is 12.1 Å². The Hall–Kier alpha value is -2.77. The Kier molecular flexibility index (Phi) is 7.53. The maximum atomic E-state index is 12.8. The summed E-state index contributed by atoms with van der Waals surface area (Å²) in [6, 6.07) is 10.9. The molecule has 4 rings (SSSR count). The SMILES string of the molecule is O=C(N=c1sc2cc(OC(F)(F)F)ccc2n1CCN1CCN(c2ccc(Cl)cc2)CC1)C(F)(F)F. The molecule has 1 saturated heterocycles. The average Bonchev–Trinajstić information content (AvgIpc) is 3.13. The number of piperazine rings is 1. The molecule has 1 fully saturated rings. The second-order valence-corrected chi connectivity index (χ2v) is 9.38. The molecule has 194 valence electrons. The van der Waals surface area contributed by atoms with Crippen molar-refractivity contribution in [3.05, 3.63) is 52.3 Å². The number of amides is 1. The van der Waals surface area contributed by atoms with Gasteiger partial charge in [-0.05, 0) is 42.5 Å². The van der Waals surface area contributed by atoms with Crippen LogP contribution < -0.4 is 14.4 Å². The van der Waals surface area contributed by atoms with Crippen LogP contribution in [0.3, 0.4) is 0 Å². The molecule has 0 radical (unpaired) electrons. The molecule has 0 bridgehead atoms. The summed E-state index contributed by atoms with van der Waals surface area (Å²) in [6.07, 6.45) is -10.1. The van der Waals surface area contributed by atoms with Crippen molar-refractivity contribution in [1.82, 2.24) is 9.47 Å². The van der Waals surface area contributed by atoms with Gasteiger partial charge in [-0.2, -0.15) is 18.2 Å². The molecule has 0 aliphatic carbocycles. The number of aromatic nitrogens is 1. The van der Waals surface area contributed by atoms with Gasteiger partial charge in [0.2, 0.25) is 0 Å². The van der Waals surface area contributed by atoms with Crippen molar-refractivity contribution in [3.8, 4) is 5.75 Å². The third kappa shape index (κ3) is 6.51. The van der Waals surface area contributed by atoms with E-state index < -0.39 is 24.2 Å². The Morgan fingerprint density at radius 1 is 0.972 bits per heavy atom. The zero-order valence-electron chi connectivity index (χ0n) is 18.4. The van der Waals surface area contributed by atoms with Gasteiger partial charge in [-0.25, -0.2) is 0 Å². The predicted molar refractivity (Wildman–Crippen MR) is 123 cm³/mol. The van der Waals surface area contributed by atoms with Crippen LogP contribution in [-0.4, -0.2) is 60.6 Å². The Labute approximate surface area is 210 Å². The first-order chi connectivity index (χ1) is 16.9. The Morgan fingerprint density at radius 3 is 2.25 bits per heavy atom. The van der Waals surface area contributed by atoms with Gasteiger partial charge in [0.05, 0.1) is 10.2 Å². The number of hydrogen-bond donors (Lipinski definition) is 0. The van der Waals surface area contributed by atoms with Crippen LogP contribution in [0, 0.1) is 0 Å². The van der Waals surface area contributed by atoms with Gasteiger partial charge in [-0.3, -0.25) is 9.69 Å². The first-order valence-corrected chi connectivity index (χ1v) is 11.9. The normalized spacial score (nSPS) is 16.1. The third-order valence-corrected chi connectivity index (χ3v) is 6.82. The lowest BCUT2D eigenvalue weighted by Gasteiger charge is -2.36. The molecular formula is C22H19ClF6N4O2S. The van der Waals surface area contributed by atoms with Crippen LogP contribution in [0.25, 0.3) is 10.2 Å². The van der Waals surface area contributed by atoms with Gasteiger partial charge >= 0.3 is 18.4 Å². The molecule has 0 unspecified atom stereocenters. The molecule has 1 aromatic heterocycles. The van der Waals surface area contributed by atoms with E-state index in [-0.39, 0.29) is 16.0 Å². The minimum Gasteiger partial charge on any atom is -0.406 e. The van der Waals surface area contributed by atoms with E-state index in [0.29, 0.717) is 41.5 Å². The van der Waals surface area contributed by atoms with Crippen molar-refractivity contribution in [2.24, 2.45) is 4.99 Å². The standard InChI is InChI=1S/C22H19ClF6N4O2S/c23-14-1-3-15(4-2-14)32-10-7-31(8-11-32)9-12-33-17-6-5-16(35-22(27,28)29)13-18(17)36-20(33)30-19(34)21(24,25)26/h1-6,13H,7-12H2. The van der Waals surface area contributed by atoms with Gasteiger partial charge in [0.25, 0.3) is 0 Å². The highest BCUT2D eigenvalue weighted by atomic mass is 35.5. The molecule has 3 aromatic rings. The molecule has 0 N–H and O–H groups in total. The molecule has 6 nitrogen and oxygen atoms in total. The van der Waals surface area contributed by atoms with E-state index in [0.717, 1.165) is 30.9 Å². The van der Waals surface area contributed by atoms with Gasteiger partial charge in [-0.15, -0.1) is 13.2 Å². The number of carbonyl (C=O) groups excluding carboxylic acids is 1. The number of thiazole rings is 1. The number of ether oxygens (including phenoxy) is 1. The molecule has 36 heavy (non-hydrogen) atoms. The van der Waals surface area contributed by atoms with Crippen molar-refractivity contribution < 1.29 is 35.9 Å². The number of halogens is 7. The lowest BCUT2D eigenvalue weighted by Crippen LogP contribution is -2.47. The number of rotatable bonds is 5. The fraction of sp³-hybridized carbons (Fsp3) is 0.364. The average molecular weight is 553 g/mol. The highest BCUT2D eigenvalue weighted by Gasteiger charge is 2.39. The van der Waals surface area contributed by atoms with Gasteiger partial charge in [0, 0.05) is 50.0 Å². The molecule has 0 saturated carbocycles. The van der Waals surface area contributed by atoms with E-state index >= 15 is 0 Å². The highest BCUT2D eigenvalue weighted by Crippen LogP contribution is 2.28. The molecular weight excluding hydrogens is 534 g/mol. The van der Waals surface area contributed by atoms with E-state index in [9.17, 15) is 31.1 Å². The van der Waals surface area contributed by atoms with Crippen molar-refractivity contribution in [3.63, 3.8) is 0 Å². The van der Waals surface area contributed by atoms with Crippen LogP contribution >= 0.6 is 22.9 Å². The Balaban J connectivity index is 1.53. The van der Waals surface area contributed by atoms with Crippen LogP contribution in [0.2, 0.25) is 5.02 Å². The van der Waals surface area contributed by atoms with Gasteiger partial charge in [0.1, 0.15) is 5.75 Å². The van der Waals surface area contributed by atoms with Crippen molar-refractivity contribution in [2.45, 2.75) is 19.1 Å². The predicted octanol–water partition coefficient (Wildman–Crippen LogP) is 5.07. The molecule has 1 amide bonds. The number of fused-ring (bicyclic) bond motifs is 1. The monoisotopic (exact) mass is 552 g/mol. The lowest BCUT2D eigenvalue weighted by atomic mass is 10.2. The van der Waals surface area contributed by atoms with E-state index in [1.807, 2.05) is 12.1 Å². The molecule has 2 heterocycles. The fourth-order valence-electron chi connectivity index (χ4n) is 3.83. The molecule has 1 aliphatic heterocycles. The number of hydrogen-bond acceptors (Lipinski definition) is 5. The van der Waals surface area contributed by atoms with Crippen LogP contribution in [0.1, 0.15) is 0 Å². The summed E-state index contributed by atoms with van der Waals surface area (Å²) >= 11 is 6.62. The number of nitrogens with zero attached hydrogens (tertiary/aromatic N) is 4. The second kappa shape index (κ2) is 10.3. The lowest BCUT2D eigenvalue weighted by molar-refractivity contribution is -0.274. The van der Waals surface area contributed by atoms with Crippen molar-refractivity contribution >= 4 is 44.7 Å². The largest absolute Gasteiger partial charge is 0.573 e. The number of carbonyl (C=O) groups is 1. The number of benzene rings is 2. The van der Waals surface area contributed by atoms with Crippen LogP contribution in [-0.2, 0) is 11.3 Å². The summed E-state index contributed by atoms with van der Waals surface area (Å²) in [5, 5.41) is 0.639. The minimum atomic E-state index is -5.17. The Morgan fingerprint density at radius 2 is 1.64 bits per heavy atom. The van der Waals surface area contributed by atoms with E-state index in [1.165, 1.54) is 10.6 Å². The summed E-state index contributed by atoms with van der Waals surface area (Å²) in [6.45, 7) is 3.43. The third-order valence-electron chi connectivity index (χ3n) is 5.53. The zero-order valence-corrected chi connectivity index (χ0v) is 20.0. The molecule has 0 atom stereocenters. The smallest absolute Gasteiger partial charge is 0.406 e. The van der Waals surface area contributed by atoms with Gasteiger partial charge < -0.3 is 14.2 Å². The minimum absolute atomic E-state index is 0.185. The van der Waals surface area contributed by atoms with Crippen LogP contribution in [0.5, 0.6) is 5.75 Å². The maximum Gasteiger partial charge on any atom is 0.573 e. The zero-order chi connectivity index (χ0) is 26.1. The summed E-state index contributed by atoms with van der Waals surface area (Å²) in [5.41, 5.74) is 1.38. The molecule has 14 heteroatoms. The topological polar surface area (TPSA) is 50.1 Å². The van der Waals surface area contributed by atoms with E-state index in [4.69, 9.17) is 11.6 Å². The van der Waals surface area contributed by atoms with Crippen LogP contribution in [0.15, 0.2) is 47.5 Å². The van der Waals surface area contributed by atoms with Crippen molar-refractivity contribution in [1.29, 1.82) is 0 Å². The quantitative estimate of drug-likeness (QED) is 0.415. The summed E-state index contributed by atoms with van der Waals surface area (Å²) < 4.78 is 81.8. The highest BCUT2D eigenvalue weighted by molar-refractivity contribution is 7.16.